The second kappa shape index (κ2) is 6.27. The van der Waals surface area contributed by atoms with E-state index in [1.54, 1.807) is 0 Å². The Morgan fingerprint density at radius 1 is 1.40 bits per heavy atom. The highest BCUT2D eigenvalue weighted by atomic mass is 16.5. The minimum atomic E-state index is -0.583. The number of ether oxygens (including phenoxy) is 1. The average Bonchev–Trinajstić information content (AvgIpc) is 2.27. The van der Waals surface area contributed by atoms with Crippen molar-refractivity contribution in [2.24, 2.45) is 10.7 Å². The van der Waals surface area contributed by atoms with E-state index in [0.717, 1.165) is 32.4 Å². The molecule has 0 aliphatic carbocycles. The number of amides is 1. The summed E-state index contributed by atoms with van der Waals surface area (Å²) in [5, 5.41) is 0. The number of aliphatic imine (C=N–C) groups is 1. The molecular formula is C10H19N3O2. The molecule has 0 atom stereocenters. The zero-order valence-corrected chi connectivity index (χ0v) is 9.24. The highest BCUT2D eigenvalue weighted by molar-refractivity contribution is 5.89. The van der Waals surface area contributed by atoms with Gasteiger partial charge in [-0.2, -0.15) is 0 Å². The molecular weight excluding hydrogens is 194 g/mol. The number of piperidine rings is 1. The zero-order valence-electron chi connectivity index (χ0n) is 9.24. The molecule has 1 saturated heterocycles. The van der Waals surface area contributed by atoms with E-state index < -0.39 is 6.09 Å². The molecule has 1 aliphatic heterocycles. The number of hydrogen-bond acceptors (Lipinski definition) is 2. The minimum absolute atomic E-state index is 0.288. The van der Waals surface area contributed by atoms with Gasteiger partial charge in [0.15, 0.2) is 0 Å². The summed E-state index contributed by atoms with van der Waals surface area (Å²) in [6, 6.07) is 0. The lowest BCUT2D eigenvalue weighted by Gasteiger charge is -2.27. The molecule has 0 aromatic carbocycles. The topological polar surface area (TPSA) is 67.9 Å². The first-order valence-corrected chi connectivity index (χ1v) is 5.50. The number of carbonyl (C=O) groups excluding carboxylic acids is 1. The third kappa shape index (κ3) is 4.18. The third-order valence-electron chi connectivity index (χ3n) is 2.32. The Kier molecular flexibility index (Phi) is 4.93. The molecule has 0 unspecified atom stereocenters. The number of likely N-dealkylation sites (tertiary alicyclic amines) is 1. The van der Waals surface area contributed by atoms with Crippen LogP contribution in [0.5, 0.6) is 0 Å². The fourth-order valence-electron chi connectivity index (χ4n) is 1.51. The summed E-state index contributed by atoms with van der Waals surface area (Å²) in [5.74, 6) is 0.288. The van der Waals surface area contributed by atoms with Gasteiger partial charge in [-0.15, -0.1) is 4.99 Å². The molecule has 1 heterocycles. The Morgan fingerprint density at radius 2 is 2.07 bits per heavy atom. The maximum absolute atomic E-state index is 11.1. The van der Waals surface area contributed by atoms with E-state index in [-0.39, 0.29) is 5.96 Å². The van der Waals surface area contributed by atoms with Crippen LogP contribution >= 0.6 is 0 Å². The molecule has 0 bridgehead atoms. The molecule has 0 aromatic rings. The number of nitrogens with two attached hydrogens (primary N) is 1. The molecule has 1 amide bonds. The van der Waals surface area contributed by atoms with E-state index in [1.807, 2.05) is 11.8 Å². The third-order valence-corrected chi connectivity index (χ3v) is 2.32. The van der Waals surface area contributed by atoms with Crippen LogP contribution in [0.3, 0.4) is 0 Å². The first-order valence-electron chi connectivity index (χ1n) is 5.50. The molecule has 5 heteroatoms. The summed E-state index contributed by atoms with van der Waals surface area (Å²) in [4.78, 5) is 16.8. The van der Waals surface area contributed by atoms with Crippen LogP contribution in [0.1, 0.15) is 32.6 Å². The van der Waals surface area contributed by atoms with Crippen LogP contribution in [0.4, 0.5) is 4.79 Å². The smallest absolute Gasteiger partial charge is 0.436 e. The highest BCUT2D eigenvalue weighted by Gasteiger charge is 2.13. The molecule has 0 radical (unpaired) electrons. The van der Waals surface area contributed by atoms with Gasteiger partial charge in [0.1, 0.15) is 0 Å². The Bertz CT molecular complexity index is 235. The van der Waals surface area contributed by atoms with Crippen molar-refractivity contribution in [2.75, 3.05) is 19.7 Å². The van der Waals surface area contributed by atoms with Crippen molar-refractivity contribution in [3.63, 3.8) is 0 Å². The zero-order chi connectivity index (χ0) is 11.1. The van der Waals surface area contributed by atoms with Gasteiger partial charge in [-0.25, -0.2) is 4.79 Å². The van der Waals surface area contributed by atoms with E-state index in [2.05, 4.69) is 4.99 Å². The molecule has 1 aliphatic rings. The maximum Gasteiger partial charge on any atom is 0.436 e. The van der Waals surface area contributed by atoms with Crippen LogP contribution in [0, 0.1) is 0 Å². The number of rotatable bonds is 2. The summed E-state index contributed by atoms with van der Waals surface area (Å²) in [6.07, 6.45) is 3.66. The number of nitrogens with zero attached hydrogens (tertiary/aromatic N) is 2. The SMILES string of the molecule is CCCOC(=O)/N=C(\N)N1CCCCC1. The average molecular weight is 213 g/mol. The van der Waals surface area contributed by atoms with E-state index in [4.69, 9.17) is 10.5 Å². The normalized spacial score (nSPS) is 17.7. The van der Waals surface area contributed by atoms with Gasteiger partial charge in [0.25, 0.3) is 0 Å². The lowest BCUT2D eigenvalue weighted by molar-refractivity contribution is 0.157. The Hall–Kier alpha value is -1.26. The molecule has 2 N–H and O–H groups in total. The van der Waals surface area contributed by atoms with Crippen LogP contribution in [0.2, 0.25) is 0 Å². The Morgan fingerprint density at radius 3 is 2.67 bits per heavy atom. The second-order valence-electron chi connectivity index (χ2n) is 3.63. The standard InChI is InChI=1S/C10H19N3O2/c1-2-8-15-10(14)12-9(11)13-6-4-3-5-7-13/h2-8H2,1H3,(H2,11,12,14). The van der Waals surface area contributed by atoms with Crippen molar-refractivity contribution < 1.29 is 9.53 Å². The molecule has 0 saturated carbocycles. The highest BCUT2D eigenvalue weighted by Crippen LogP contribution is 2.07. The van der Waals surface area contributed by atoms with Crippen molar-refractivity contribution in [3.05, 3.63) is 0 Å². The fourth-order valence-corrected chi connectivity index (χ4v) is 1.51. The molecule has 86 valence electrons. The number of guanidine groups is 1. The molecule has 1 rings (SSSR count). The van der Waals surface area contributed by atoms with Gasteiger partial charge < -0.3 is 15.4 Å². The van der Waals surface area contributed by atoms with E-state index in [1.165, 1.54) is 6.42 Å². The van der Waals surface area contributed by atoms with Crippen LogP contribution in [0.15, 0.2) is 4.99 Å². The van der Waals surface area contributed by atoms with Crippen molar-refractivity contribution in [1.82, 2.24) is 4.90 Å². The van der Waals surface area contributed by atoms with Crippen LogP contribution in [-0.2, 0) is 4.74 Å². The summed E-state index contributed by atoms with van der Waals surface area (Å²) in [6.45, 7) is 4.10. The van der Waals surface area contributed by atoms with Crippen LogP contribution in [-0.4, -0.2) is 36.6 Å². The summed E-state index contributed by atoms with van der Waals surface area (Å²) in [7, 11) is 0. The van der Waals surface area contributed by atoms with E-state index >= 15 is 0 Å². The molecule has 0 spiro atoms. The Labute approximate surface area is 90.3 Å². The quantitative estimate of drug-likeness (QED) is 0.555. The van der Waals surface area contributed by atoms with E-state index in [9.17, 15) is 4.79 Å². The predicted octanol–water partition coefficient (Wildman–Crippen LogP) is 1.33. The molecule has 5 nitrogen and oxygen atoms in total. The second-order valence-corrected chi connectivity index (χ2v) is 3.63. The minimum Gasteiger partial charge on any atom is -0.448 e. The number of carbonyl (C=O) groups is 1. The largest absolute Gasteiger partial charge is 0.448 e. The Balaban J connectivity index is 2.39. The maximum atomic E-state index is 11.1. The van der Waals surface area contributed by atoms with Gasteiger partial charge in [-0.05, 0) is 25.7 Å². The van der Waals surface area contributed by atoms with Gasteiger partial charge >= 0.3 is 6.09 Å². The van der Waals surface area contributed by atoms with Gasteiger partial charge in [0, 0.05) is 13.1 Å². The van der Waals surface area contributed by atoms with Gasteiger partial charge in [-0.3, -0.25) is 0 Å². The van der Waals surface area contributed by atoms with Gasteiger partial charge in [0.05, 0.1) is 6.61 Å². The van der Waals surface area contributed by atoms with Crippen molar-refractivity contribution >= 4 is 12.1 Å². The monoisotopic (exact) mass is 213 g/mol. The lowest BCUT2D eigenvalue weighted by Crippen LogP contribution is -2.41. The van der Waals surface area contributed by atoms with Gasteiger partial charge in [-0.1, -0.05) is 6.92 Å². The number of hydrogen-bond donors (Lipinski definition) is 1. The van der Waals surface area contributed by atoms with Crippen molar-refractivity contribution in [1.29, 1.82) is 0 Å². The summed E-state index contributed by atoms with van der Waals surface area (Å²) < 4.78 is 4.82. The van der Waals surface area contributed by atoms with Crippen LogP contribution < -0.4 is 5.73 Å². The first-order chi connectivity index (χ1) is 7.24. The molecule has 1 fully saturated rings. The summed E-state index contributed by atoms with van der Waals surface area (Å²) in [5.41, 5.74) is 5.70. The van der Waals surface area contributed by atoms with E-state index in [0.29, 0.717) is 6.61 Å². The van der Waals surface area contributed by atoms with Gasteiger partial charge in [0.2, 0.25) is 5.96 Å². The summed E-state index contributed by atoms with van der Waals surface area (Å²) >= 11 is 0. The molecule has 0 aromatic heterocycles. The fraction of sp³-hybridized carbons (Fsp3) is 0.800. The van der Waals surface area contributed by atoms with Crippen molar-refractivity contribution in [2.45, 2.75) is 32.6 Å². The first kappa shape index (κ1) is 11.8. The van der Waals surface area contributed by atoms with Crippen molar-refractivity contribution in [3.8, 4) is 0 Å². The molecule has 15 heavy (non-hydrogen) atoms. The lowest BCUT2D eigenvalue weighted by atomic mass is 10.1. The van der Waals surface area contributed by atoms with Crippen LogP contribution in [0.25, 0.3) is 0 Å². The predicted molar refractivity (Wildman–Crippen MR) is 58.7 cm³/mol.